The highest BCUT2D eigenvalue weighted by molar-refractivity contribution is 8.01. The summed E-state index contributed by atoms with van der Waals surface area (Å²) < 4.78 is 0. The van der Waals surface area contributed by atoms with Crippen molar-refractivity contribution in [1.29, 1.82) is 0 Å². The molecule has 2 unspecified atom stereocenters. The van der Waals surface area contributed by atoms with Gasteiger partial charge in [0, 0.05) is 6.04 Å². The number of hydrogen-bond donors (Lipinski definition) is 2. The quantitative estimate of drug-likeness (QED) is 0.672. The molecule has 1 amide bonds. The summed E-state index contributed by atoms with van der Waals surface area (Å²) in [6, 6.07) is 0.188. The lowest BCUT2D eigenvalue weighted by atomic mass is 10.1. The highest BCUT2D eigenvalue weighted by Crippen LogP contribution is 2.19. The third-order valence-corrected chi connectivity index (χ3v) is 3.34. The van der Waals surface area contributed by atoms with Crippen LogP contribution in [0.5, 0.6) is 0 Å². The summed E-state index contributed by atoms with van der Waals surface area (Å²) in [4.78, 5) is 13.0. The highest BCUT2D eigenvalue weighted by Gasteiger charge is 2.22. The first-order valence-corrected chi connectivity index (χ1v) is 5.94. The smallest absolute Gasteiger partial charge is 0.230 e. The number of hydrogen-bond acceptors (Lipinski definition) is 4. The molecule has 0 saturated carbocycles. The zero-order valence-corrected chi connectivity index (χ0v) is 9.64. The summed E-state index contributed by atoms with van der Waals surface area (Å²) in [5.41, 5.74) is 5.96. The van der Waals surface area contributed by atoms with Gasteiger partial charge in [0.15, 0.2) is 0 Å². The van der Waals surface area contributed by atoms with Crippen LogP contribution < -0.4 is 11.1 Å². The first-order chi connectivity index (χ1) is 6.58. The molecular formula is C9H19N3OS. The van der Waals surface area contributed by atoms with E-state index in [1.54, 1.807) is 11.8 Å². The first-order valence-electron chi connectivity index (χ1n) is 4.89. The molecule has 82 valence electrons. The van der Waals surface area contributed by atoms with E-state index in [9.17, 15) is 4.79 Å². The van der Waals surface area contributed by atoms with Crippen LogP contribution in [0, 0.1) is 0 Å². The Morgan fingerprint density at radius 3 is 2.93 bits per heavy atom. The Hall–Kier alpha value is -0.260. The molecule has 0 aromatic carbocycles. The summed E-state index contributed by atoms with van der Waals surface area (Å²) in [5, 5.41) is 3.14. The van der Waals surface area contributed by atoms with Crippen LogP contribution in [-0.2, 0) is 4.79 Å². The van der Waals surface area contributed by atoms with Crippen molar-refractivity contribution in [3.05, 3.63) is 0 Å². The van der Waals surface area contributed by atoms with E-state index in [-0.39, 0.29) is 17.3 Å². The molecule has 0 aromatic heterocycles. The number of nitrogens with zero attached hydrogens (tertiary/aromatic N) is 1. The number of nitrogens with one attached hydrogen (secondary N) is 1. The third-order valence-electron chi connectivity index (χ3n) is 2.20. The van der Waals surface area contributed by atoms with E-state index in [0.29, 0.717) is 5.75 Å². The maximum atomic E-state index is 10.9. The van der Waals surface area contributed by atoms with Crippen molar-refractivity contribution < 1.29 is 4.79 Å². The number of nitrogens with two attached hydrogens (primary N) is 1. The summed E-state index contributed by atoms with van der Waals surface area (Å²) in [5.74, 6) is 0.727. The number of carbonyl (C=O) groups is 1. The van der Waals surface area contributed by atoms with Gasteiger partial charge in [0.25, 0.3) is 0 Å². The van der Waals surface area contributed by atoms with Crippen LogP contribution >= 0.6 is 11.8 Å². The van der Waals surface area contributed by atoms with Gasteiger partial charge in [-0.3, -0.25) is 4.79 Å². The van der Waals surface area contributed by atoms with Crippen LogP contribution in [0.15, 0.2) is 0 Å². The zero-order valence-electron chi connectivity index (χ0n) is 8.82. The fraction of sp³-hybridized carbons (Fsp3) is 0.889. The van der Waals surface area contributed by atoms with Crippen molar-refractivity contribution >= 4 is 17.7 Å². The molecule has 14 heavy (non-hydrogen) atoms. The molecule has 0 aromatic rings. The predicted molar refractivity (Wildman–Crippen MR) is 60.2 cm³/mol. The second-order valence-electron chi connectivity index (χ2n) is 3.95. The Kier molecular flexibility index (Phi) is 4.71. The van der Waals surface area contributed by atoms with E-state index >= 15 is 0 Å². The molecule has 0 spiro atoms. The largest absolute Gasteiger partial charge is 0.344 e. The van der Waals surface area contributed by atoms with Crippen LogP contribution in [0.25, 0.3) is 0 Å². The number of amides is 1. The van der Waals surface area contributed by atoms with Crippen molar-refractivity contribution in [2.45, 2.75) is 24.3 Å². The SMILES string of the molecule is CN(C)CCC(N)CC1NC(=O)CS1. The molecule has 0 bridgehead atoms. The van der Waals surface area contributed by atoms with Gasteiger partial charge < -0.3 is 16.0 Å². The van der Waals surface area contributed by atoms with Crippen LogP contribution in [-0.4, -0.2) is 48.6 Å². The average molecular weight is 217 g/mol. The van der Waals surface area contributed by atoms with Crippen LogP contribution in [0.4, 0.5) is 0 Å². The van der Waals surface area contributed by atoms with E-state index in [1.807, 2.05) is 14.1 Å². The fourth-order valence-corrected chi connectivity index (χ4v) is 2.42. The van der Waals surface area contributed by atoms with Gasteiger partial charge in [0.05, 0.1) is 11.1 Å². The number of carbonyl (C=O) groups excluding carboxylic acids is 1. The van der Waals surface area contributed by atoms with Crippen molar-refractivity contribution in [3.8, 4) is 0 Å². The molecule has 5 heteroatoms. The van der Waals surface area contributed by atoms with Crippen LogP contribution in [0.1, 0.15) is 12.8 Å². The van der Waals surface area contributed by atoms with Gasteiger partial charge in [-0.2, -0.15) is 0 Å². The first kappa shape index (κ1) is 11.8. The summed E-state index contributed by atoms with van der Waals surface area (Å²) in [6.45, 7) is 1.01. The molecule has 1 saturated heterocycles. The molecular weight excluding hydrogens is 198 g/mol. The molecule has 1 rings (SSSR count). The van der Waals surface area contributed by atoms with Crippen molar-refractivity contribution in [3.63, 3.8) is 0 Å². The van der Waals surface area contributed by atoms with Crippen LogP contribution in [0.2, 0.25) is 0 Å². The molecule has 0 aliphatic carbocycles. The second-order valence-corrected chi connectivity index (χ2v) is 5.15. The molecule has 3 N–H and O–H groups in total. The lowest BCUT2D eigenvalue weighted by Crippen LogP contribution is -2.34. The minimum absolute atomic E-state index is 0.139. The lowest BCUT2D eigenvalue weighted by molar-refractivity contribution is -0.118. The third kappa shape index (κ3) is 4.30. The summed E-state index contributed by atoms with van der Waals surface area (Å²) in [6.07, 6.45) is 1.87. The van der Waals surface area contributed by atoms with Gasteiger partial charge in [0.2, 0.25) is 5.91 Å². The van der Waals surface area contributed by atoms with Gasteiger partial charge in [0.1, 0.15) is 0 Å². The Labute approximate surface area is 89.6 Å². The maximum Gasteiger partial charge on any atom is 0.230 e. The average Bonchev–Trinajstić information content (AvgIpc) is 2.48. The Morgan fingerprint density at radius 2 is 2.43 bits per heavy atom. The minimum Gasteiger partial charge on any atom is -0.344 e. The second kappa shape index (κ2) is 5.58. The molecule has 1 fully saturated rings. The predicted octanol–water partition coefficient (Wildman–Crippen LogP) is -0.155. The van der Waals surface area contributed by atoms with Crippen molar-refractivity contribution in [1.82, 2.24) is 10.2 Å². The molecule has 2 atom stereocenters. The minimum atomic E-state index is 0.139. The molecule has 1 heterocycles. The summed E-state index contributed by atoms with van der Waals surface area (Å²) >= 11 is 1.66. The van der Waals surface area contributed by atoms with Gasteiger partial charge in [-0.1, -0.05) is 0 Å². The van der Waals surface area contributed by atoms with Crippen molar-refractivity contribution in [2.24, 2.45) is 5.73 Å². The standard InChI is InChI=1S/C9H19N3OS/c1-12(2)4-3-7(10)5-9-11-8(13)6-14-9/h7,9H,3-6,10H2,1-2H3,(H,11,13). The molecule has 0 radical (unpaired) electrons. The monoisotopic (exact) mass is 217 g/mol. The lowest BCUT2D eigenvalue weighted by Gasteiger charge is -2.18. The molecule has 1 aliphatic rings. The van der Waals surface area contributed by atoms with Crippen LogP contribution in [0.3, 0.4) is 0 Å². The zero-order chi connectivity index (χ0) is 10.6. The Morgan fingerprint density at radius 1 is 1.71 bits per heavy atom. The Bertz CT molecular complexity index is 198. The van der Waals surface area contributed by atoms with Gasteiger partial charge in [-0.05, 0) is 33.5 Å². The Balaban J connectivity index is 2.13. The van der Waals surface area contributed by atoms with E-state index < -0.39 is 0 Å². The van der Waals surface area contributed by atoms with Gasteiger partial charge >= 0.3 is 0 Å². The van der Waals surface area contributed by atoms with E-state index in [2.05, 4.69) is 10.2 Å². The molecule has 4 nitrogen and oxygen atoms in total. The van der Waals surface area contributed by atoms with Gasteiger partial charge in [-0.15, -0.1) is 11.8 Å². The number of thioether (sulfide) groups is 1. The maximum absolute atomic E-state index is 10.9. The van der Waals surface area contributed by atoms with E-state index in [4.69, 9.17) is 5.73 Å². The van der Waals surface area contributed by atoms with E-state index in [1.165, 1.54) is 0 Å². The van der Waals surface area contributed by atoms with Crippen molar-refractivity contribution in [2.75, 3.05) is 26.4 Å². The van der Waals surface area contributed by atoms with E-state index in [0.717, 1.165) is 19.4 Å². The topological polar surface area (TPSA) is 58.4 Å². The van der Waals surface area contributed by atoms with Gasteiger partial charge in [-0.25, -0.2) is 0 Å². The normalized spacial score (nSPS) is 24.0. The fourth-order valence-electron chi connectivity index (χ4n) is 1.38. The number of rotatable bonds is 5. The summed E-state index contributed by atoms with van der Waals surface area (Å²) in [7, 11) is 4.08. The highest BCUT2D eigenvalue weighted by atomic mass is 32.2. The molecule has 1 aliphatic heterocycles.